The molecule has 1 aromatic rings. The molecule has 0 unspecified atom stereocenters. The minimum Gasteiger partial charge on any atom is -0.204 e. The molecule has 0 heterocycles. The van der Waals surface area contributed by atoms with Gasteiger partial charge in [-0.05, 0) is 0 Å². The molecule has 0 nitrogen and oxygen atoms in total. The topological polar surface area (TPSA) is 0 Å². The number of hydrogen-bond acceptors (Lipinski definition) is 0. The molecule has 0 fully saturated rings. The van der Waals surface area contributed by atoms with Crippen molar-refractivity contribution in [3.63, 3.8) is 0 Å². The van der Waals surface area contributed by atoms with Crippen molar-refractivity contribution >= 4 is 52.6 Å². The number of halogens is 7. The van der Waals surface area contributed by atoms with Gasteiger partial charge in [-0.2, -0.15) is 0 Å². The molecule has 76 valence electrons. The van der Waals surface area contributed by atoms with Crippen molar-refractivity contribution in [3.05, 3.63) is 29.1 Å². The molecule has 0 spiro atoms. The Labute approximate surface area is 103 Å². The first-order valence-electron chi connectivity index (χ1n) is 3.17. The largest absolute Gasteiger partial charge is 0.326 e. The van der Waals surface area contributed by atoms with Crippen molar-refractivity contribution < 1.29 is 22.0 Å². The van der Waals surface area contributed by atoms with Gasteiger partial charge in [0, 0.05) is 5.46 Å². The fraction of sp³-hybridized carbons (Fsp3) is 0. The summed E-state index contributed by atoms with van der Waals surface area (Å²) in [5.41, 5.74) is -0.803. The third-order valence-corrected chi connectivity index (χ3v) is 2.71. The summed E-state index contributed by atoms with van der Waals surface area (Å²) in [6.45, 7) is 0. The molecule has 0 aliphatic rings. The average molecular weight is 432 g/mol. The van der Waals surface area contributed by atoms with Gasteiger partial charge >= 0.3 is 2.43 Å². The highest BCUT2D eigenvalue weighted by molar-refractivity contribution is 14.3. The number of benzene rings is 1. The summed E-state index contributed by atoms with van der Waals surface area (Å²) < 4.78 is 62.7. The highest BCUT2D eigenvalue weighted by Crippen LogP contribution is 2.19. The molecule has 0 aliphatic carbocycles. The monoisotopic (exact) mass is 432 g/mol. The first kappa shape index (κ1) is 12.5. The van der Waals surface area contributed by atoms with Crippen LogP contribution in [-0.2, 0) is 0 Å². The van der Waals surface area contributed by atoms with Crippen molar-refractivity contribution in [2.75, 3.05) is 0 Å². The summed E-state index contributed by atoms with van der Waals surface area (Å²) in [5.74, 6) is -9.47. The molecule has 0 bridgehead atoms. The van der Waals surface area contributed by atoms with E-state index in [0.29, 0.717) is 0 Å². The molecule has 8 heteroatoms. The molecular weight excluding hydrogens is 432 g/mol. The van der Waals surface area contributed by atoms with Crippen LogP contribution in [0.4, 0.5) is 22.0 Å². The number of hydrogen-bond donors (Lipinski definition) is 0. The summed E-state index contributed by atoms with van der Waals surface area (Å²) >= 11 is 3.11. The summed E-state index contributed by atoms with van der Waals surface area (Å²) in [6, 6.07) is 0. The van der Waals surface area contributed by atoms with Gasteiger partial charge in [0.15, 0.2) is 29.1 Å². The highest BCUT2D eigenvalue weighted by atomic mass is 127. The Morgan fingerprint density at radius 2 is 0.929 bits per heavy atom. The lowest BCUT2D eigenvalue weighted by molar-refractivity contribution is 0.384. The molecule has 0 N–H and O–H groups in total. The van der Waals surface area contributed by atoms with Gasteiger partial charge in [0.25, 0.3) is 0 Å². The van der Waals surface area contributed by atoms with Crippen LogP contribution in [0.5, 0.6) is 0 Å². The normalized spacial score (nSPS) is 10.5. The quantitative estimate of drug-likeness (QED) is 0.211. The van der Waals surface area contributed by atoms with Gasteiger partial charge in [-0.25, -0.2) is 22.0 Å². The lowest BCUT2D eigenvalue weighted by Gasteiger charge is -2.06. The standard InChI is InChI=1S/C6BF5I2/c8-2-1(7(13)14)3(9)5(11)6(12)4(2)10. The smallest absolute Gasteiger partial charge is 0.204 e. The fourth-order valence-electron chi connectivity index (χ4n) is 0.813. The maximum absolute atomic E-state index is 12.9. The predicted molar refractivity (Wildman–Crippen MR) is 59.7 cm³/mol. The second-order valence-electron chi connectivity index (χ2n) is 2.28. The Bertz CT molecular complexity index is 352. The van der Waals surface area contributed by atoms with E-state index >= 15 is 0 Å². The van der Waals surface area contributed by atoms with Crippen LogP contribution in [0, 0.1) is 29.1 Å². The van der Waals surface area contributed by atoms with Crippen molar-refractivity contribution in [1.82, 2.24) is 0 Å². The van der Waals surface area contributed by atoms with Crippen LogP contribution < -0.4 is 5.46 Å². The Hall–Kier alpha value is 0.395. The Morgan fingerprint density at radius 3 is 1.21 bits per heavy atom. The molecule has 0 radical (unpaired) electrons. The zero-order chi connectivity index (χ0) is 11.0. The lowest BCUT2D eigenvalue weighted by atomic mass is 9.93. The van der Waals surface area contributed by atoms with Gasteiger partial charge in [-0.3, -0.25) is 0 Å². The third-order valence-electron chi connectivity index (χ3n) is 1.46. The Balaban J connectivity index is 3.60. The van der Waals surface area contributed by atoms with E-state index in [1.807, 2.05) is 0 Å². The predicted octanol–water partition coefficient (Wildman–Crippen LogP) is 2.95. The molecule has 0 atom stereocenters. The van der Waals surface area contributed by atoms with E-state index in [1.54, 1.807) is 44.7 Å². The molecule has 0 amide bonds. The molecule has 14 heavy (non-hydrogen) atoms. The molecule has 0 aliphatic heterocycles. The fourth-order valence-corrected chi connectivity index (χ4v) is 1.91. The van der Waals surface area contributed by atoms with Gasteiger partial charge in [0.1, 0.15) is 0 Å². The van der Waals surface area contributed by atoms with Gasteiger partial charge < -0.3 is 0 Å². The summed E-state index contributed by atoms with van der Waals surface area (Å²) in [6.07, 6.45) is 0. The van der Waals surface area contributed by atoms with Gasteiger partial charge in [0.2, 0.25) is 0 Å². The minimum absolute atomic E-state index is 0.803. The van der Waals surface area contributed by atoms with E-state index in [4.69, 9.17) is 0 Å². The molecular formula is C6BF5I2. The molecule has 1 aromatic carbocycles. The Kier molecular flexibility index (Phi) is 4.00. The average Bonchev–Trinajstić information content (AvgIpc) is 2.11. The van der Waals surface area contributed by atoms with Crippen LogP contribution in [0.25, 0.3) is 0 Å². The van der Waals surface area contributed by atoms with Gasteiger partial charge in [0.05, 0.1) is 0 Å². The molecule has 0 aromatic heterocycles. The lowest BCUT2D eigenvalue weighted by Crippen LogP contribution is -2.29. The van der Waals surface area contributed by atoms with Crippen molar-refractivity contribution in [2.45, 2.75) is 0 Å². The van der Waals surface area contributed by atoms with Gasteiger partial charge in [-0.1, -0.05) is 0 Å². The van der Waals surface area contributed by atoms with E-state index in [-0.39, 0.29) is 0 Å². The van der Waals surface area contributed by atoms with Crippen LogP contribution in [0.15, 0.2) is 0 Å². The first-order valence-corrected chi connectivity index (χ1v) is 5.66. The zero-order valence-corrected chi connectivity index (χ0v) is 10.5. The van der Waals surface area contributed by atoms with E-state index in [1.165, 1.54) is 0 Å². The van der Waals surface area contributed by atoms with Crippen molar-refractivity contribution in [1.29, 1.82) is 0 Å². The van der Waals surface area contributed by atoms with Crippen LogP contribution >= 0.6 is 44.7 Å². The van der Waals surface area contributed by atoms with E-state index in [9.17, 15) is 22.0 Å². The summed E-state index contributed by atoms with van der Waals surface area (Å²) in [5, 5.41) is 0. The SMILES string of the molecule is Fc1c(F)c(F)c(B(I)I)c(F)c1F. The summed E-state index contributed by atoms with van der Waals surface area (Å²) in [4.78, 5) is 0. The summed E-state index contributed by atoms with van der Waals surface area (Å²) in [7, 11) is 0. The zero-order valence-electron chi connectivity index (χ0n) is 6.22. The van der Waals surface area contributed by atoms with Crippen LogP contribution in [0.3, 0.4) is 0 Å². The third kappa shape index (κ3) is 2.00. The molecule has 0 saturated carbocycles. The molecule has 0 saturated heterocycles. The number of rotatable bonds is 1. The maximum atomic E-state index is 12.9. The second-order valence-corrected chi connectivity index (χ2v) is 7.16. The van der Waals surface area contributed by atoms with Crippen LogP contribution in [0.1, 0.15) is 0 Å². The van der Waals surface area contributed by atoms with E-state index in [2.05, 4.69) is 0 Å². The van der Waals surface area contributed by atoms with Crippen LogP contribution in [0.2, 0.25) is 0 Å². The van der Waals surface area contributed by atoms with Crippen molar-refractivity contribution in [3.8, 4) is 0 Å². The minimum atomic E-state index is -2.13. The molecule has 1 rings (SSSR count). The van der Waals surface area contributed by atoms with Crippen molar-refractivity contribution in [2.24, 2.45) is 0 Å². The maximum Gasteiger partial charge on any atom is 0.326 e. The second kappa shape index (κ2) is 4.50. The highest BCUT2D eigenvalue weighted by Gasteiger charge is 2.29. The van der Waals surface area contributed by atoms with Crippen LogP contribution in [-0.4, -0.2) is 2.43 Å². The van der Waals surface area contributed by atoms with E-state index < -0.39 is 37.0 Å². The van der Waals surface area contributed by atoms with E-state index in [0.717, 1.165) is 0 Å². The first-order chi connectivity index (χ1) is 6.37. The Morgan fingerprint density at radius 1 is 0.643 bits per heavy atom. The van der Waals surface area contributed by atoms with Gasteiger partial charge in [-0.15, -0.1) is 44.7 Å².